The normalized spacial score (nSPS) is 18.8. The number of aryl methyl sites for hydroxylation is 1. The van der Waals surface area contributed by atoms with Crippen LogP contribution >= 0.6 is 15.9 Å². The van der Waals surface area contributed by atoms with E-state index in [-0.39, 0.29) is 17.7 Å². The number of rotatable bonds is 5. The Hall–Kier alpha value is -1.63. The van der Waals surface area contributed by atoms with E-state index in [1.54, 1.807) is 10.8 Å². The predicted molar refractivity (Wildman–Crippen MR) is 99.4 cm³/mol. The Labute approximate surface area is 155 Å². The van der Waals surface area contributed by atoms with Gasteiger partial charge >= 0.3 is 0 Å². The first-order valence-corrected chi connectivity index (χ1v) is 9.14. The third kappa shape index (κ3) is 4.51. The second kappa shape index (κ2) is 8.17. The molecule has 0 saturated carbocycles. The van der Waals surface area contributed by atoms with Gasteiger partial charge < -0.3 is 18.8 Å². The first kappa shape index (κ1) is 18.2. The molecule has 134 valence electrons. The van der Waals surface area contributed by atoms with Crippen LogP contribution in [0.5, 0.6) is 5.75 Å². The van der Waals surface area contributed by atoms with Crippen molar-refractivity contribution in [1.82, 2.24) is 4.57 Å². The van der Waals surface area contributed by atoms with Gasteiger partial charge in [-0.25, -0.2) is 0 Å². The standard InChI is InChI=1S/C19H22BrNO4/c1-13-9-15(20)3-4-18(13)14(2)21-6-5-16(10-19(21)22)25-12-17-11-23-7-8-24-17/h3-6,9-10,14,17H,7-8,11-12H2,1-2H3/t14?,17-/m0/s1. The fourth-order valence-electron chi connectivity index (χ4n) is 2.96. The lowest BCUT2D eigenvalue weighted by Gasteiger charge is -2.23. The molecule has 0 bridgehead atoms. The number of halogens is 1. The zero-order valence-electron chi connectivity index (χ0n) is 14.4. The predicted octanol–water partition coefficient (Wildman–Crippen LogP) is 3.32. The van der Waals surface area contributed by atoms with Crippen LogP contribution in [0.15, 0.2) is 45.8 Å². The molecular formula is C19H22BrNO4. The molecule has 25 heavy (non-hydrogen) atoms. The number of ether oxygens (including phenoxy) is 3. The third-order valence-corrected chi connectivity index (χ3v) is 4.83. The maximum atomic E-state index is 12.5. The van der Waals surface area contributed by atoms with Crippen LogP contribution in [0.3, 0.4) is 0 Å². The molecule has 6 heteroatoms. The van der Waals surface area contributed by atoms with Crippen LogP contribution in [-0.2, 0) is 9.47 Å². The summed E-state index contributed by atoms with van der Waals surface area (Å²) in [7, 11) is 0. The van der Waals surface area contributed by atoms with Crippen molar-refractivity contribution in [3.05, 3.63) is 62.5 Å². The van der Waals surface area contributed by atoms with Gasteiger partial charge in [0.2, 0.25) is 0 Å². The minimum absolute atomic E-state index is 0.0512. The monoisotopic (exact) mass is 407 g/mol. The van der Waals surface area contributed by atoms with E-state index < -0.39 is 0 Å². The molecule has 1 aromatic heterocycles. The fourth-order valence-corrected chi connectivity index (χ4v) is 3.44. The second-order valence-electron chi connectivity index (χ2n) is 6.16. The Balaban J connectivity index is 1.71. The Morgan fingerprint density at radius 1 is 1.32 bits per heavy atom. The van der Waals surface area contributed by atoms with Gasteiger partial charge in [0.05, 0.1) is 25.9 Å². The molecule has 1 saturated heterocycles. The van der Waals surface area contributed by atoms with Gasteiger partial charge in [-0.2, -0.15) is 0 Å². The number of aromatic nitrogens is 1. The smallest absolute Gasteiger partial charge is 0.254 e. The van der Waals surface area contributed by atoms with Crippen LogP contribution in [0.25, 0.3) is 0 Å². The van der Waals surface area contributed by atoms with Crippen LogP contribution in [0.4, 0.5) is 0 Å². The summed E-state index contributed by atoms with van der Waals surface area (Å²) < 4.78 is 19.3. The number of hydrogen-bond donors (Lipinski definition) is 0. The van der Waals surface area contributed by atoms with Crippen molar-refractivity contribution in [3.63, 3.8) is 0 Å². The molecule has 1 unspecified atom stereocenters. The van der Waals surface area contributed by atoms with Gasteiger partial charge in [-0.1, -0.05) is 22.0 Å². The molecule has 5 nitrogen and oxygen atoms in total. The number of benzene rings is 1. The first-order chi connectivity index (χ1) is 12.0. The summed E-state index contributed by atoms with van der Waals surface area (Å²) in [6, 6.07) is 9.38. The molecule has 2 heterocycles. The van der Waals surface area contributed by atoms with Crippen molar-refractivity contribution in [2.75, 3.05) is 26.4 Å². The van der Waals surface area contributed by atoms with E-state index in [9.17, 15) is 4.79 Å². The first-order valence-electron chi connectivity index (χ1n) is 8.35. The summed E-state index contributed by atoms with van der Waals surface area (Å²) in [6.07, 6.45) is 1.70. The second-order valence-corrected chi connectivity index (χ2v) is 7.08. The highest BCUT2D eigenvalue weighted by atomic mass is 79.9. The van der Waals surface area contributed by atoms with Gasteiger partial charge in [0.1, 0.15) is 18.5 Å². The van der Waals surface area contributed by atoms with Gasteiger partial charge in [0.15, 0.2) is 0 Å². The molecule has 3 rings (SSSR count). The minimum atomic E-state index is -0.0897. The van der Waals surface area contributed by atoms with E-state index in [1.165, 1.54) is 6.07 Å². The van der Waals surface area contributed by atoms with Crippen molar-refractivity contribution in [3.8, 4) is 5.75 Å². The van der Waals surface area contributed by atoms with Crippen molar-refractivity contribution in [2.45, 2.75) is 26.0 Å². The summed E-state index contributed by atoms with van der Waals surface area (Å²) >= 11 is 3.47. The van der Waals surface area contributed by atoms with E-state index >= 15 is 0 Å². The zero-order chi connectivity index (χ0) is 17.8. The molecule has 0 aliphatic carbocycles. The lowest BCUT2D eigenvalue weighted by atomic mass is 10.0. The van der Waals surface area contributed by atoms with E-state index in [0.717, 1.165) is 15.6 Å². The van der Waals surface area contributed by atoms with Crippen LogP contribution in [0, 0.1) is 6.92 Å². The molecule has 2 atom stereocenters. The molecular weight excluding hydrogens is 386 g/mol. The Kier molecular flexibility index (Phi) is 5.93. The van der Waals surface area contributed by atoms with Crippen LogP contribution < -0.4 is 10.3 Å². The summed E-state index contributed by atoms with van der Waals surface area (Å²) in [6.45, 7) is 6.18. The highest BCUT2D eigenvalue weighted by molar-refractivity contribution is 9.10. The average Bonchev–Trinajstić information content (AvgIpc) is 2.60. The van der Waals surface area contributed by atoms with Crippen molar-refractivity contribution >= 4 is 15.9 Å². The number of nitrogens with zero attached hydrogens (tertiary/aromatic N) is 1. The van der Waals surface area contributed by atoms with Gasteiger partial charge in [0.25, 0.3) is 5.56 Å². The quantitative estimate of drug-likeness (QED) is 0.762. The molecule has 0 N–H and O–H groups in total. The summed E-state index contributed by atoms with van der Waals surface area (Å²) in [5, 5.41) is 0. The maximum absolute atomic E-state index is 12.5. The topological polar surface area (TPSA) is 49.7 Å². The Morgan fingerprint density at radius 3 is 2.84 bits per heavy atom. The average molecular weight is 408 g/mol. The SMILES string of the molecule is Cc1cc(Br)ccc1C(C)n1ccc(OC[C@@H]2COCCO2)cc1=O. The van der Waals surface area contributed by atoms with Crippen molar-refractivity contribution in [2.24, 2.45) is 0 Å². The molecule has 1 fully saturated rings. The van der Waals surface area contributed by atoms with E-state index in [0.29, 0.717) is 32.2 Å². The van der Waals surface area contributed by atoms with Crippen LogP contribution in [-0.4, -0.2) is 37.1 Å². The zero-order valence-corrected chi connectivity index (χ0v) is 16.0. The van der Waals surface area contributed by atoms with E-state index in [2.05, 4.69) is 22.0 Å². The molecule has 1 aliphatic rings. The van der Waals surface area contributed by atoms with E-state index in [4.69, 9.17) is 14.2 Å². The summed E-state index contributed by atoms with van der Waals surface area (Å²) in [4.78, 5) is 12.5. The molecule has 1 aromatic carbocycles. The molecule has 1 aliphatic heterocycles. The van der Waals surface area contributed by atoms with Crippen molar-refractivity contribution < 1.29 is 14.2 Å². The van der Waals surface area contributed by atoms with Crippen LogP contribution in [0.2, 0.25) is 0 Å². The largest absolute Gasteiger partial charge is 0.491 e. The number of hydrogen-bond acceptors (Lipinski definition) is 4. The van der Waals surface area contributed by atoms with Crippen LogP contribution in [0.1, 0.15) is 24.1 Å². The minimum Gasteiger partial charge on any atom is -0.491 e. The highest BCUT2D eigenvalue weighted by Crippen LogP contribution is 2.24. The highest BCUT2D eigenvalue weighted by Gasteiger charge is 2.16. The lowest BCUT2D eigenvalue weighted by molar-refractivity contribution is -0.101. The summed E-state index contributed by atoms with van der Waals surface area (Å²) in [5.41, 5.74) is 2.17. The van der Waals surface area contributed by atoms with Gasteiger partial charge in [0, 0.05) is 16.7 Å². The van der Waals surface area contributed by atoms with E-state index in [1.807, 2.05) is 32.0 Å². The maximum Gasteiger partial charge on any atom is 0.254 e. The van der Waals surface area contributed by atoms with Gasteiger partial charge in [-0.05, 0) is 43.2 Å². The lowest BCUT2D eigenvalue weighted by Crippen LogP contribution is -2.33. The fraction of sp³-hybridized carbons (Fsp3) is 0.421. The molecule has 0 amide bonds. The van der Waals surface area contributed by atoms with Gasteiger partial charge in [-0.3, -0.25) is 4.79 Å². The third-order valence-electron chi connectivity index (χ3n) is 4.34. The Morgan fingerprint density at radius 2 is 2.16 bits per heavy atom. The van der Waals surface area contributed by atoms with Gasteiger partial charge in [-0.15, -0.1) is 0 Å². The molecule has 0 radical (unpaired) electrons. The Bertz CT molecular complexity index is 783. The molecule has 0 spiro atoms. The van der Waals surface area contributed by atoms with Crippen molar-refractivity contribution in [1.29, 1.82) is 0 Å². The number of pyridine rings is 1. The summed E-state index contributed by atoms with van der Waals surface area (Å²) in [5.74, 6) is 0.551. The molecule has 2 aromatic rings.